The number of carbonyl (C=O) groups excluding carboxylic acids is 3. The molecule has 6 heteroatoms. The van der Waals surface area contributed by atoms with Crippen LogP contribution in [0.15, 0.2) is 134 Å². The van der Waals surface area contributed by atoms with Crippen LogP contribution in [0.25, 0.3) is 0 Å². The van der Waals surface area contributed by atoms with Gasteiger partial charge in [0, 0.05) is 19.3 Å². The Morgan fingerprint density at radius 2 is 0.532 bits per heavy atom. The summed E-state index contributed by atoms with van der Waals surface area (Å²) in [6, 6.07) is 0. The highest BCUT2D eigenvalue weighted by atomic mass is 16.6. The van der Waals surface area contributed by atoms with Crippen molar-refractivity contribution in [2.75, 3.05) is 13.2 Å². The first kappa shape index (κ1) is 72.5. The van der Waals surface area contributed by atoms with Crippen LogP contribution in [-0.2, 0) is 28.6 Å². The first-order valence-electron chi connectivity index (χ1n) is 31.7. The average Bonchev–Trinajstić information content (AvgIpc) is 3.43. The molecule has 77 heavy (non-hydrogen) atoms. The minimum Gasteiger partial charge on any atom is -0.462 e. The largest absolute Gasteiger partial charge is 0.462 e. The molecule has 0 amide bonds. The molecule has 1 unspecified atom stereocenters. The summed E-state index contributed by atoms with van der Waals surface area (Å²) >= 11 is 0. The van der Waals surface area contributed by atoms with E-state index in [1.165, 1.54) is 116 Å². The van der Waals surface area contributed by atoms with Crippen molar-refractivity contribution in [3.63, 3.8) is 0 Å². The Kier molecular flexibility index (Phi) is 60.4. The molecule has 0 spiro atoms. The topological polar surface area (TPSA) is 78.9 Å². The van der Waals surface area contributed by atoms with Gasteiger partial charge in [0.2, 0.25) is 0 Å². The van der Waals surface area contributed by atoms with Crippen molar-refractivity contribution in [1.82, 2.24) is 0 Å². The molecule has 0 aromatic carbocycles. The number of hydrogen-bond acceptors (Lipinski definition) is 6. The molecule has 0 saturated carbocycles. The van der Waals surface area contributed by atoms with E-state index in [1.807, 2.05) is 6.08 Å². The van der Waals surface area contributed by atoms with Crippen LogP contribution >= 0.6 is 0 Å². The maximum atomic E-state index is 12.9. The van der Waals surface area contributed by atoms with Crippen molar-refractivity contribution in [3.8, 4) is 0 Å². The molecule has 436 valence electrons. The summed E-state index contributed by atoms with van der Waals surface area (Å²) in [6.45, 7) is 6.34. The maximum absolute atomic E-state index is 12.9. The standard InChI is InChI=1S/C71H116O6/c1-4-7-10-13-16-19-22-25-27-29-31-33-34-35-36-38-39-41-43-46-49-52-55-58-61-64-70(73)76-67-68(66-75-69(72)63-60-57-54-51-48-45-24-21-18-15-12-9-6-3)77-71(74)65-62-59-56-53-50-47-44-42-40-37-32-30-28-26-23-20-17-14-11-8-5-2/h7,9-10,12,16,18-19,21,25,27,30-33,35-36,39,41,45,48,54,57,68H,4-6,8,11,13-15,17,20,22-24,26,28-29,34,37-38,40,42-44,46-47,49-53,55-56,58-67H2,1-3H3/b10-7-,12-9-,19-16-,21-18-,27-25-,32-30-,33-31-,36-35-,41-39-,48-45-,57-54-. The van der Waals surface area contributed by atoms with Gasteiger partial charge < -0.3 is 14.2 Å². The first-order valence-corrected chi connectivity index (χ1v) is 31.7. The summed E-state index contributed by atoms with van der Waals surface area (Å²) in [5.74, 6) is -1.01. The van der Waals surface area contributed by atoms with E-state index >= 15 is 0 Å². The van der Waals surface area contributed by atoms with Gasteiger partial charge in [-0.2, -0.15) is 0 Å². The van der Waals surface area contributed by atoms with E-state index in [0.717, 1.165) is 116 Å². The second kappa shape index (κ2) is 64.1. The Morgan fingerprint density at radius 1 is 0.273 bits per heavy atom. The van der Waals surface area contributed by atoms with Gasteiger partial charge in [-0.25, -0.2) is 0 Å². The van der Waals surface area contributed by atoms with E-state index in [4.69, 9.17) is 14.2 Å². The maximum Gasteiger partial charge on any atom is 0.306 e. The zero-order chi connectivity index (χ0) is 55.7. The van der Waals surface area contributed by atoms with Crippen LogP contribution in [0.2, 0.25) is 0 Å². The number of rotatable bonds is 56. The lowest BCUT2D eigenvalue weighted by molar-refractivity contribution is -0.166. The molecule has 0 aromatic rings. The van der Waals surface area contributed by atoms with Crippen molar-refractivity contribution in [1.29, 1.82) is 0 Å². The minimum absolute atomic E-state index is 0.112. The molecule has 6 nitrogen and oxygen atoms in total. The van der Waals surface area contributed by atoms with Crippen LogP contribution in [0, 0.1) is 0 Å². The fourth-order valence-electron chi connectivity index (χ4n) is 8.45. The highest BCUT2D eigenvalue weighted by molar-refractivity contribution is 5.71. The van der Waals surface area contributed by atoms with Gasteiger partial charge in [-0.3, -0.25) is 14.4 Å². The van der Waals surface area contributed by atoms with E-state index in [2.05, 4.69) is 148 Å². The molecule has 0 heterocycles. The number of carbonyl (C=O) groups is 3. The van der Waals surface area contributed by atoms with Gasteiger partial charge >= 0.3 is 17.9 Å². The summed E-state index contributed by atoms with van der Waals surface area (Å²) in [5, 5.41) is 0. The van der Waals surface area contributed by atoms with Gasteiger partial charge in [-0.1, -0.05) is 270 Å². The second-order valence-corrected chi connectivity index (χ2v) is 20.5. The van der Waals surface area contributed by atoms with Gasteiger partial charge in [0.25, 0.3) is 0 Å². The van der Waals surface area contributed by atoms with E-state index in [0.29, 0.717) is 19.3 Å². The summed E-state index contributed by atoms with van der Waals surface area (Å²) < 4.78 is 16.8. The van der Waals surface area contributed by atoms with Gasteiger partial charge in [-0.05, 0) is 122 Å². The Hall–Kier alpha value is -4.45. The normalized spacial score (nSPS) is 13.0. The Labute approximate surface area is 475 Å². The van der Waals surface area contributed by atoms with Gasteiger partial charge in [0.1, 0.15) is 13.2 Å². The fourth-order valence-corrected chi connectivity index (χ4v) is 8.45. The van der Waals surface area contributed by atoms with Gasteiger partial charge in [-0.15, -0.1) is 0 Å². The lowest BCUT2D eigenvalue weighted by Gasteiger charge is -2.18. The Morgan fingerprint density at radius 3 is 0.883 bits per heavy atom. The van der Waals surface area contributed by atoms with E-state index < -0.39 is 6.10 Å². The highest BCUT2D eigenvalue weighted by Crippen LogP contribution is 2.15. The number of esters is 3. The number of hydrogen-bond donors (Lipinski definition) is 0. The lowest BCUT2D eigenvalue weighted by Crippen LogP contribution is -2.30. The number of unbranched alkanes of at least 4 members (excludes halogenated alkanes) is 23. The van der Waals surface area contributed by atoms with Crippen LogP contribution in [-0.4, -0.2) is 37.2 Å². The van der Waals surface area contributed by atoms with Crippen molar-refractivity contribution >= 4 is 17.9 Å². The molecule has 0 N–H and O–H groups in total. The van der Waals surface area contributed by atoms with Crippen molar-refractivity contribution in [3.05, 3.63) is 134 Å². The fraction of sp³-hybridized carbons (Fsp3) is 0.648. The third-order valence-corrected chi connectivity index (χ3v) is 13.1. The molecule has 0 fully saturated rings. The molecule has 0 aliphatic carbocycles. The zero-order valence-corrected chi connectivity index (χ0v) is 49.9. The van der Waals surface area contributed by atoms with Crippen molar-refractivity contribution in [2.45, 2.75) is 284 Å². The molecule has 0 aromatic heterocycles. The van der Waals surface area contributed by atoms with E-state index in [-0.39, 0.29) is 37.5 Å². The average molecular weight is 1070 g/mol. The quantitative estimate of drug-likeness (QED) is 0.0261. The highest BCUT2D eigenvalue weighted by Gasteiger charge is 2.19. The predicted octanol–water partition coefficient (Wildman–Crippen LogP) is 21.8. The smallest absolute Gasteiger partial charge is 0.306 e. The predicted molar refractivity (Wildman–Crippen MR) is 334 cm³/mol. The van der Waals surface area contributed by atoms with Gasteiger partial charge in [0.05, 0.1) is 0 Å². The SMILES string of the molecule is CC/C=C\C/C=C\C/C=C\C/C=C\C/C=C\C/C=C\CCCCCCCCC(=O)OCC(COC(=O)CC/C=C\C/C=C\C/C=C\C/C=C\CC)OC(=O)CCCCCCCCCCC/C=C\CCCCCCCCCC. The first-order chi connectivity index (χ1) is 38.0. The van der Waals surface area contributed by atoms with E-state index in [1.54, 1.807) is 0 Å². The molecule has 0 rings (SSSR count). The lowest BCUT2D eigenvalue weighted by atomic mass is 10.1. The number of ether oxygens (including phenoxy) is 3. The molecule has 0 radical (unpaired) electrons. The second-order valence-electron chi connectivity index (χ2n) is 20.5. The third-order valence-electron chi connectivity index (χ3n) is 13.1. The molecular formula is C71H116O6. The van der Waals surface area contributed by atoms with E-state index in [9.17, 15) is 14.4 Å². The summed E-state index contributed by atoms with van der Waals surface area (Å²) in [4.78, 5) is 38.2. The third kappa shape index (κ3) is 62.3. The minimum atomic E-state index is -0.820. The Bertz CT molecular complexity index is 1650. The Balaban J connectivity index is 4.43. The van der Waals surface area contributed by atoms with Crippen LogP contribution < -0.4 is 0 Å². The summed E-state index contributed by atoms with van der Waals surface area (Å²) in [5.41, 5.74) is 0. The van der Waals surface area contributed by atoms with Gasteiger partial charge in [0.15, 0.2) is 6.10 Å². The van der Waals surface area contributed by atoms with Crippen LogP contribution in [0.4, 0.5) is 0 Å². The van der Waals surface area contributed by atoms with Crippen LogP contribution in [0.1, 0.15) is 278 Å². The zero-order valence-electron chi connectivity index (χ0n) is 49.9. The monoisotopic (exact) mass is 1060 g/mol. The molecule has 0 bridgehead atoms. The summed E-state index contributed by atoms with van der Waals surface area (Å²) in [7, 11) is 0. The van der Waals surface area contributed by atoms with Crippen LogP contribution in [0.3, 0.4) is 0 Å². The molecule has 0 aliphatic heterocycles. The van der Waals surface area contributed by atoms with Crippen molar-refractivity contribution in [2.24, 2.45) is 0 Å². The molecule has 0 aliphatic rings. The molecule has 1 atom stereocenters. The summed E-state index contributed by atoms with van der Waals surface area (Å²) in [6.07, 6.45) is 90.4. The van der Waals surface area contributed by atoms with Crippen LogP contribution in [0.5, 0.6) is 0 Å². The number of allylic oxidation sites excluding steroid dienone is 22. The molecule has 0 saturated heterocycles. The van der Waals surface area contributed by atoms with Crippen molar-refractivity contribution < 1.29 is 28.6 Å². The molecular weight excluding hydrogens is 949 g/mol.